The maximum absolute atomic E-state index is 12.6. The van der Waals surface area contributed by atoms with Crippen molar-refractivity contribution in [2.45, 2.75) is 48.8 Å². The summed E-state index contributed by atoms with van der Waals surface area (Å²) < 4.78 is 56.3. The number of carbonyl (C=O) groups is 1. The van der Waals surface area contributed by atoms with Crippen molar-refractivity contribution in [2.75, 3.05) is 12.4 Å². The number of nitrogens with zero attached hydrogens (tertiary/aromatic N) is 3. The molecule has 0 aliphatic carbocycles. The standard InChI is InChI=1S/C22H26N4O6S2/c1-14(2)26(5)34(30,31)19-12-6-16(7-13-19)20(27)23-22-25-24-21(32-22)17-8-10-18(11-9-17)33(28,29)15(3)4/h6-15H,1-5H3,(H,23,25,27). The van der Waals surface area contributed by atoms with Gasteiger partial charge in [0.2, 0.25) is 15.9 Å². The Balaban J connectivity index is 1.72. The second-order valence-corrected chi connectivity index (χ2v) is 12.6. The SMILES string of the molecule is CC(C)N(C)S(=O)(=O)c1ccc(C(=O)Nc2nnc(-c3ccc(S(=O)(=O)C(C)C)cc3)o2)cc1. The van der Waals surface area contributed by atoms with E-state index in [0.29, 0.717) is 5.56 Å². The quantitative estimate of drug-likeness (QED) is 0.491. The molecule has 0 radical (unpaired) electrons. The predicted octanol–water partition coefficient (Wildman–Crippen LogP) is 3.20. The lowest BCUT2D eigenvalue weighted by atomic mass is 10.2. The van der Waals surface area contributed by atoms with Crippen molar-refractivity contribution in [3.05, 3.63) is 54.1 Å². The summed E-state index contributed by atoms with van der Waals surface area (Å²) in [6, 6.07) is 11.1. The summed E-state index contributed by atoms with van der Waals surface area (Å²) in [4.78, 5) is 12.8. The van der Waals surface area contributed by atoms with Crippen molar-refractivity contribution in [1.29, 1.82) is 0 Å². The molecule has 3 rings (SSSR count). The minimum atomic E-state index is -3.66. The molecule has 2 aromatic carbocycles. The number of aromatic nitrogens is 2. The van der Waals surface area contributed by atoms with Crippen molar-refractivity contribution >= 4 is 31.8 Å². The zero-order valence-electron chi connectivity index (χ0n) is 19.4. The van der Waals surface area contributed by atoms with Gasteiger partial charge in [-0.1, -0.05) is 5.10 Å². The van der Waals surface area contributed by atoms with E-state index in [4.69, 9.17) is 4.42 Å². The Bertz CT molecular complexity index is 1380. The Morgan fingerprint density at radius 2 is 1.44 bits per heavy atom. The van der Waals surface area contributed by atoms with Crippen molar-refractivity contribution in [2.24, 2.45) is 0 Å². The summed E-state index contributed by atoms with van der Waals surface area (Å²) >= 11 is 0. The summed E-state index contributed by atoms with van der Waals surface area (Å²) in [5, 5.41) is 9.58. The van der Waals surface area contributed by atoms with Crippen LogP contribution in [-0.4, -0.2) is 55.6 Å². The maximum atomic E-state index is 12.6. The molecule has 10 nitrogen and oxygen atoms in total. The van der Waals surface area contributed by atoms with Crippen LogP contribution >= 0.6 is 0 Å². The fraction of sp³-hybridized carbons (Fsp3) is 0.318. The molecule has 12 heteroatoms. The second kappa shape index (κ2) is 9.65. The Labute approximate surface area is 199 Å². The van der Waals surface area contributed by atoms with Gasteiger partial charge < -0.3 is 4.42 Å². The van der Waals surface area contributed by atoms with Gasteiger partial charge in [0, 0.05) is 24.2 Å². The van der Waals surface area contributed by atoms with Gasteiger partial charge in [0.15, 0.2) is 9.84 Å². The molecule has 0 atom stereocenters. The average Bonchev–Trinajstić information content (AvgIpc) is 3.26. The first-order valence-electron chi connectivity index (χ1n) is 10.4. The highest BCUT2D eigenvalue weighted by Gasteiger charge is 2.23. The molecular weight excluding hydrogens is 480 g/mol. The van der Waals surface area contributed by atoms with Gasteiger partial charge in [0.1, 0.15) is 0 Å². The van der Waals surface area contributed by atoms with Gasteiger partial charge in [0.05, 0.1) is 15.0 Å². The summed E-state index contributed by atoms with van der Waals surface area (Å²) in [5.74, 6) is -0.461. The number of rotatable bonds is 8. The van der Waals surface area contributed by atoms with E-state index in [9.17, 15) is 21.6 Å². The third-order valence-corrected chi connectivity index (χ3v) is 9.43. The lowest BCUT2D eigenvalue weighted by molar-refractivity contribution is 0.102. The van der Waals surface area contributed by atoms with E-state index in [1.165, 1.54) is 47.8 Å². The third-order valence-electron chi connectivity index (χ3n) is 5.22. The normalized spacial score (nSPS) is 12.5. The maximum Gasteiger partial charge on any atom is 0.322 e. The fourth-order valence-electron chi connectivity index (χ4n) is 2.84. The van der Waals surface area contributed by atoms with Crippen LogP contribution in [-0.2, 0) is 19.9 Å². The summed E-state index contributed by atoms with van der Waals surface area (Å²) in [5.41, 5.74) is 0.689. The molecule has 3 aromatic rings. The van der Waals surface area contributed by atoms with Crippen LogP contribution in [0.5, 0.6) is 0 Å². The smallest absolute Gasteiger partial charge is 0.322 e. The second-order valence-electron chi connectivity index (χ2n) is 8.12. The first-order chi connectivity index (χ1) is 15.8. The lowest BCUT2D eigenvalue weighted by Crippen LogP contribution is -2.33. The van der Waals surface area contributed by atoms with Crippen LogP contribution in [0.3, 0.4) is 0 Å². The van der Waals surface area contributed by atoms with E-state index in [-0.39, 0.29) is 33.3 Å². The molecule has 1 heterocycles. The van der Waals surface area contributed by atoms with E-state index < -0.39 is 31.0 Å². The van der Waals surface area contributed by atoms with Crippen LogP contribution in [0.1, 0.15) is 38.1 Å². The number of sulfone groups is 1. The Kier molecular flexibility index (Phi) is 7.24. The van der Waals surface area contributed by atoms with Crippen molar-refractivity contribution in [3.63, 3.8) is 0 Å². The number of hydrogen-bond donors (Lipinski definition) is 1. The van der Waals surface area contributed by atoms with Gasteiger partial charge in [0.25, 0.3) is 5.91 Å². The van der Waals surface area contributed by atoms with Gasteiger partial charge in [-0.25, -0.2) is 16.8 Å². The fourth-order valence-corrected chi connectivity index (χ4v) is 5.27. The molecular formula is C22H26N4O6S2. The highest BCUT2D eigenvalue weighted by Crippen LogP contribution is 2.24. The average molecular weight is 507 g/mol. The summed E-state index contributed by atoms with van der Waals surface area (Å²) in [6.45, 7) is 6.74. The molecule has 0 unspecified atom stereocenters. The highest BCUT2D eigenvalue weighted by atomic mass is 32.2. The van der Waals surface area contributed by atoms with Crippen molar-refractivity contribution < 1.29 is 26.0 Å². The third kappa shape index (κ3) is 5.18. The number of carbonyl (C=O) groups excluding carboxylic acids is 1. The topological polar surface area (TPSA) is 140 Å². The molecule has 1 amide bonds. The largest absolute Gasteiger partial charge is 0.403 e. The Hall–Kier alpha value is -3.09. The minimum Gasteiger partial charge on any atom is -0.403 e. The Morgan fingerprint density at radius 3 is 1.97 bits per heavy atom. The van der Waals surface area contributed by atoms with E-state index >= 15 is 0 Å². The number of hydrogen-bond acceptors (Lipinski definition) is 8. The van der Waals surface area contributed by atoms with E-state index in [1.54, 1.807) is 39.8 Å². The van der Waals surface area contributed by atoms with Gasteiger partial charge in [-0.05, 0) is 76.2 Å². The lowest BCUT2D eigenvalue weighted by Gasteiger charge is -2.20. The zero-order valence-corrected chi connectivity index (χ0v) is 21.0. The molecule has 0 aliphatic rings. The number of nitrogens with one attached hydrogen (secondary N) is 1. The highest BCUT2D eigenvalue weighted by molar-refractivity contribution is 7.92. The first-order valence-corrected chi connectivity index (χ1v) is 13.4. The van der Waals surface area contributed by atoms with E-state index in [1.807, 2.05) is 0 Å². The molecule has 0 saturated heterocycles. The molecule has 0 spiro atoms. The summed E-state index contributed by atoms with van der Waals surface area (Å²) in [7, 11) is -5.57. The van der Waals surface area contributed by atoms with E-state index in [2.05, 4.69) is 15.5 Å². The van der Waals surface area contributed by atoms with Crippen LogP contribution in [0.2, 0.25) is 0 Å². The van der Waals surface area contributed by atoms with Crippen LogP contribution in [0.4, 0.5) is 6.01 Å². The number of anilines is 1. The van der Waals surface area contributed by atoms with Gasteiger partial charge in [-0.2, -0.15) is 4.31 Å². The van der Waals surface area contributed by atoms with Crippen molar-refractivity contribution in [3.8, 4) is 11.5 Å². The van der Waals surface area contributed by atoms with Crippen LogP contribution in [0.25, 0.3) is 11.5 Å². The van der Waals surface area contributed by atoms with Gasteiger partial charge in [-0.15, -0.1) is 5.10 Å². The van der Waals surface area contributed by atoms with Crippen LogP contribution < -0.4 is 5.32 Å². The summed E-state index contributed by atoms with van der Waals surface area (Å²) in [6.07, 6.45) is 0. The first kappa shape index (κ1) is 25.5. The van der Waals surface area contributed by atoms with E-state index in [0.717, 1.165) is 0 Å². The van der Waals surface area contributed by atoms with Gasteiger partial charge >= 0.3 is 6.01 Å². The van der Waals surface area contributed by atoms with Gasteiger partial charge in [-0.3, -0.25) is 10.1 Å². The molecule has 0 bridgehead atoms. The molecule has 1 N–H and O–H groups in total. The minimum absolute atomic E-state index is 0.0725. The molecule has 0 fully saturated rings. The molecule has 182 valence electrons. The van der Waals surface area contributed by atoms with Crippen molar-refractivity contribution in [1.82, 2.24) is 14.5 Å². The molecule has 0 aliphatic heterocycles. The predicted molar refractivity (Wildman–Crippen MR) is 127 cm³/mol. The van der Waals surface area contributed by atoms with Crippen LogP contribution in [0, 0.1) is 0 Å². The number of amides is 1. The van der Waals surface area contributed by atoms with Crippen LogP contribution in [0.15, 0.2) is 62.7 Å². The molecule has 1 aromatic heterocycles. The Morgan fingerprint density at radius 1 is 0.882 bits per heavy atom. The zero-order chi connectivity index (χ0) is 25.3. The molecule has 34 heavy (non-hydrogen) atoms. The molecule has 0 saturated carbocycles. The number of benzene rings is 2. The number of sulfonamides is 1. The monoisotopic (exact) mass is 506 g/mol.